The number of phosphoric ester groups is 1. The first-order valence-corrected chi connectivity index (χ1v) is 32.2. The molecule has 0 saturated heterocycles. The van der Waals surface area contributed by atoms with E-state index in [0.717, 1.165) is 116 Å². The van der Waals surface area contributed by atoms with E-state index in [1.165, 1.54) is 51.4 Å². The lowest BCUT2D eigenvalue weighted by Crippen LogP contribution is -2.30. The normalized spacial score (nSPS) is 14.3. The van der Waals surface area contributed by atoms with Crippen LogP contribution in [0.15, 0.2) is 146 Å². The van der Waals surface area contributed by atoms with Crippen LogP contribution in [0.4, 0.5) is 0 Å². The highest BCUT2D eigenvalue weighted by Crippen LogP contribution is 2.43. The standard InChI is InChI=1S/C68H109O11P/c1-4-7-10-13-16-19-22-25-28-30-32-34-37-39-42-45-48-51-54-57-66(70)75-61-65(79-68(72)59-56-53-50-47-44-41-38-35-33-31-29-26-23-20-17-14-11-8-5-2)63-77-80(73,74)76-62-64(60-69)78-67(71)58-55-52-49-46-43-40-36-27-24-21-18-15-12-9-6-3/h7,9-10,12,16-21,25-29,32,34,36,39,42-43,46,52,55,64-65,69H,4-6,8,11,13-15,22-24,30-31,33,35,37-38,40-41,44-45,47-51,53-54,56-63H2,1-3H3,(H,73,74)/b10-7-,12-9-,19-16-,20-17-,21-18-,28-25-,29-26-,34-32-,36-27-,42-39-,46-43-,55-52-. The number of aliphatic hydroxyl groups is 1. The van der Waals surface area contributed by atoms with Crippen molar-refractivity contribution in [2.75, 3.05) is 26.4 Å². The highest BCUT2D eigenvalue weighted by Gasteiger charge is 2.28. The van der Waals surface area contributed by atoms with E-state index in [2.05, 4.69) is 142 Å². The van der Waals surface area contributed by atoms with E-state index in [-0.39, 0.29) is 25.9 Å². The number of unbranched alkanes of at least 4 members (excludes halogenated alkanes) is 15. The van der Waals surface area contributed by atoms with Crippen LogP contribution in [-0.4, -0.2) is 66.5 Å². The summed E-state index contributed by atoms with van der Waals surface area (Å²) < 4.78 is 39.5. The van der Waals surface area contributed by atoms with E-state index in [4.69, 9.17) is 23.3 Å². The predicted molar refractivity (Wildman–Crippen MR) is 334 cm³/mol. The Labute approximate surface area is 486 Å². The fourth-order valence-corrected chi connectivity index (χ4v) is 8.45. The van der Waals surface area contributed by atoms with E-state index < -0.39 is 57.8 Å². The number of hydrogen-bond acceptors (Lipinski definition) is 10. The fourth-order valence-electron chi connectivity index (χ4n) is 7.66. The van der Waals surface area contributed by atoms with Gasteiger partial charge in [-0.05, 0) is 122 Å². The summed E-state index contributed by atoms with van der Waals surface area (Å²) in [6.07, 6.45) is 78.3. The maximum absolute atomic E-state index is 13.0. The molecular weight excluding hydrogens is 1020 g/mol. The Hall–Kier alpha value is -4.64. The quantitative estimate of drug-likeness (QED) is 0.0197. The summed E-state index contributed by atoms with van der Waals surface area (Å²) >= 11 is 0. The van der Waals surface area contributed by atoms with Crippen LogP contribution in [-0.2, 0) is 42.2 Å². The summed E-state index contributed by atoms with van der Waals surface area (Å²) in [5.74, 6) is -1.66. The van der Waals surface area contributed by atoms with Gasteiger partial charge in [-0.3, -0.25) is 23.4 Å². The Morgan fingerprint density at radius 1 is 0.375 bits per heavy atom. The molecule has 11 nitrogen and oxygen atoms in total. The number of hydrogen-bond donors (Lipinski definition) is 2. The molecule has 0 saturated carbocycles. The highest BCUT2D eigenvalue weighted by atomic mass is 31.2. The molecule has 80 heavy (non-hydrogen) atoms. The zero-order chi connectivity index (χ0) is 58.3. The smallest absolute Gasteiger partial charge is 0.462 e. The SMILES string of the molecule is CC/C=C\C/C=C\C/C=C\C/C=C\C/C=C\CCCCCC(=O)OCC(COP(=O)(O)OCC(CO)OC(=O)C/C=C\C/C=C\C/C=C\C/C=C\C/C=C\CC)OC(=O)CCCCCCCCCCC/C=C\C/C=C\CCCCC. The molecule has 0 radical (unpaired) electrons. The average Bonchev–Trinajstić information content (AvgIpc) is 3.45. The van der Waals surface area contributed by atoms with Gasteiger partial charge in [0, 0.05) is 12.8 Å². The van der Waals surface area contributed by atoms with Crippen LogP contribution in [0.5, 0.6) is 0 Å². The second-order valence-electron chi connectivity index (χ2n) is 19.8. The number of ether oxygens (including phenoxy) is 3. The maximum atomic E-state index is 13.0. The molecule has 452 valence electrons. The van der Waals surface area contributed by atoms with E-state index in [0.29, 0.717) is 19.3 Å². The molecule has 12 heteroatoms. The van der Waals surface area contributed by atoms with Gasteiger partial charge in [0.25, 0.3) is 0 Å². The summed E-state index contributed by atoms with van der Waals surface area (Å²) in [6.45, 7) is 4.23. The molecule has 3 unspecified atom stereocenters. The first-order chi connectivity index (χ1) is 39.2. The summed E-state index contributed by atoms with van der Waals surface area (Å²) in [4.78, 5) is 48.6. The molecule has 2 N–H and O–H groups in total. The molecule has 0 heterocycles. The van der Waals surface area contributed by atoms with Crippen molar-refractivity contribution in [1.82, 2.24) is 0 Å². The lowest BCUT2D eigenvalue weighted by Gasteiger charge is -2.21. The van der Waals surface area contributed by atoms with Crippen LogP contribution < -0.4 is 0 Å². The third kappa shape index (κ3) is 58.0. The van der Waals surface area contributed by atoms with Crippen molar-refractivity contribution >= 4 is 25.7 Å². The third-order valence-corrected chi connectivity index (χ3v) is 13.2. The molecule has 0 aliphatic carbocycles. The van der Waals surface area contributed by atoms with Crippen LogP contribution in [0.1, 0.15) is 226 Å². The molecule has 0 aliphatic heterocycles. The number of phosphoric acid groups is 1. The topological polar surface area (TPSA) is 155 Å². The van der Waals surface area contributed by atoms with E-state index in [1.54, 1.807) is 6.08 Å². The summed E-state index contributed by atoms with van der Waals surface area (Å²) in [5, 5.41) is 9.81. The van der Waals surface area contributed by atoms with Gasteiger partial charge in [0.1, 0.15) is 12.7 Å². The van der Waals surface area contributed by atoms with Crippen LogP contribution in [0.2, 0.25) is 0 Å². The van der Waals surface area contributed by atoms with Crippen LogP contribution in [0.3, 0.4) is 0 Å². The van der Waals surface area contributed by atoms with Crippen molar-refractivity contribution in [2.24, 2.45) is 0 Å². The second kappa shape index (κ2) is 60.5. The van der Waals surface area contributed by atoms with Crippen LogP contribution >= 0.6 is 7.82 Å². The molecule has 0 fully saturated rings. The molecular formula is C68H109O11P. The zero-order valence-electron chi connectivity index (χ0n) is 50.0. The van der Waals surface area contributed by atoms with Gasteiger partial charge >= 0.3 is 25.7 Å². The van der Waals surface area contributed by atoms with Gasteiger partial charge in [0.05, 0.1) is 26.2 Å². The maximum Gasteiger partial charge on any atom is 0.472 e. The predicted octanol–water partition coefficient (Wildman–Crippen LogP) is 18.7. The zero-order valence-corrected chi connectivity index (χ0v) is 50.9. The molecule has 0 bridgehead atoms. The molecule has 0 rings (SSSR count). The van der Waals surface area contributed by atoms with Gasteiger partial charge in [-0.1, -0.05) is 231 Å². The first-order valence-electron chi connectivity index (χ1n) is 30.7. The minimum Gasteiger partial charge on any atom is -0.462 e. The Morgan fingerprint density at radius 2 is 0.700 bits per heavy atom. The summed E-state index contributed by atoms with van der Waals surface area (Å²) in [7, 11) is -4.80. The number of carbonyl (C=O) groups excluding carboxylic acids is 3. The number of allylic oxidation sites excluding steroid dienone is 23. The summed E-state index contributed by atoms with van der Waals surface area (Å²) in [5.41, 5.74) is 0. The van der Waals surface area contributed by atoms with Crippen molar-refractivity contribution in [3.05, 3.63) is 146 Å². The largest absolute Gasteiger partial charge is 0.472 e. The first kappa shape index (κ1) is 75.4. The van der Waals surface area contributed by atoms with E-state index >= 15 is 0 Å². The Kier molecular flexibility index (Phi) is 56.9. The molecule has 0 aromatic rings. The molecule has 0 aromatic heterocycles. The van der Waals surface area contributed by atoms with Gasteiger partial charge in [0.2, 0.25) is 0 Å². The van der Waals surface area contributed by atoms with E-state index in [9.17, 15) is 28.9 Å². The Bertz CT molecular complexity index is 1900. The minimum absolute atomic E-state index is 0.0648. The highest BCUT2D eigenvalue weighted by molar-refractivity contribution is 7.47. The van der Waals surface area contributed by atoms with Gasteiger partial charge in [-0.25, -0.2) is 4.57 Å². The molecule has 0 aliphatic rings. The van der Waals surface area contributed by atoms with Gasteiger partial charge < -0.3 is 24.2 Å². The number of aliphatic hydroxyl groups excluding tert-OH is 1. The lowest BCUT2D eigenvalue weighted by molar-refractivity contribution is -0.161. The molecule has 0 amide bonds. The number of carbonyl (C=O) groups is 3. The molecule has 0 aromatic carbocycles. The van der Waals surface area contributed by atoms with Gasteiger partial charge in [0.15, 0.2) is 6.10 Å². The summed E-state index contributed by atoms with van der Waals surface area (Å²) in [6, 6.07) is 0. The van der Waals surface area contributed by atoms with Gasteiger partial charge in [-0.15, -0.1) is 0 Å². The number of rotatable bonds is 55. The van der Waals surface area contributed by atoms with Crippen molar-refractivity contribution in [3.63, 3.8) is 0 Å². The monoisotopic (exact) mass is 1130 g/mol. The van der Waals surface area contributed by atoms with Crippen molar-refractivity contribution in [1.29, 1.82) is 0 Å². The van der Waals surface area contributed by atoms with Crippen LogP contribution in [0, 0.1) is 0 Å². The van der Waals surface area contributed by atoms with Crippen molar-refractivity contribution in [3.8, 4) is 0 Å². The lowest BCUT2D eigenvalue weighted by atomic mass is 10.1. The van der Waals surface area contributed by atoms with E-state index in [1.807, 2.05) is 18.2 Å². The molecule has 0 spiro atoms. The van der Waals surface area contributed by atoms with Crippen molar-refractivity contribution < 1.29 is 52.2 Å². The van der Waals surface area contributed by atoms with Gasteiger partial charge in [-0.2, -0.15) is 0 Å². The van der Waals surface area contributed by atoms with Crippen LogP contribution in [0.25, 0.3) is 0 Å². The average molecular weight is 1130 g/mol. The third-order valence-electron chi connectivity index (χ3n) is 12.3. The minimum atomic E-state index is -4.80. The Balaban J connectivity index is 4.88. The molecule has 3 atom stereocenters. The fraction of sp³-hybridized carbons (Fsp3) is 0.603. The Morgan fingerprint density at radius 3 is 1.11 bits per heavy atom. The van der Waals surface area contributed by atoms with Crippen molar-refractivity contribution in [2.45, 2.75) is 238 Å². The second-order valence-corrected chi connectivity index (χ2v) is 21.2. The number of esters is 3.